The van der Waals surface area contributed by atoms with Gasteiger partial charge < -0.3 is 5.11 Å². The molecule has 0 fully saturated rings. The summed E-state index contributed by atoms with van der Waals surface area (Å²) in [6, 6.07) is 10.5. The zero-order valence-electron chi connectivity index (χ0n) is 16.1. The van der Waals surface area contributed by atoms with E-state index in [1.54, 1.807) is 53.7 Å². The van der Waals surface area contributed by atoms with Crippen LogP contribution >= 0.6 is 0 Å². The minimum absolute atomic E-state index is 0.142. The van der Waals surface area contributed by atoms with Crippen LogP contribution in [-0.2, 0) is 12.7 Å². The Morgan fingerprint density at radius 1 is 1.10 bits per heavy atom. The molecule has 0 amide bonds. The largest absolute Gasteiger partial charge is 0.478 e. The predicted octanol–water partition coefficient (Wildman–Crippen LogP) is 4.60. The first-order chi connectivity index (χ1) is 14.1. The maximum absolute atomic E-state index is 13.0. The molecule has 0 saturated heterocycles. The number of carboxylic acid groups (broad SMARTS) is 1. The molecule has 6 nitrogen and oxygen atoms in total. The number of aryl methyl sites for hydroxylation is 1. The van der Waals surface area contributed by atoms with Gasteiger partial charge in [0.1, 0.15) is 5.56 Å². The molecule has 0 atom stereocenters. The van der Waals surface area contributed by atoms with Crippen molar-refractivity contribution in [1.82, 2.24) is 19.6 Å². The first-order valence-corrected chi connectivity index (χ1v) is 9.07. The SMILES string of the molecule is Cc1nn(-c2cccc3nn(Cc4cccc(C(F)(F)F)c4)cc23)c(C)c1C(=O)O. The molecule has 1 N–H and O–H groups in total. The fourth-order valence-corrected chi connectivity index (χ4v) is 3.56. The molecular formula is C21H17F3N4O2. The van der Waals surface area contributed by atoms with Crippen LogP contribution in [0, 0.1) is 13.8 Å². The number of carboxylic acids is 1. The van der Waals surface area contributed by atoms with Crippen LogP contribution in [0.4, 0.5) is 13.2 Å². The van der Waals surface area contributed by atoms with E-state index >= 15 is 0 Å². The number of carbonyl (C=O) groups is 1. The van der Waals surface area contributed by atoms with Gasteiger partial charge in [-0.2, -0.15) is 23.4 Å². The summed E-state index contributed by atoms with van der Waals surface area (Å²) in [6.07, 6.45) is -2.68. The highest BCUT2D eigenvalue weighted by Gasteiger charge is 2.30. The molecule has 4 rings (SSSR count). The van der Waals surface area contributed by atoms with Crippen molar-refractivity contribution >= 4 is 16.9 Å². The molecule has 4 aromatic rings. The highest BCUT2D eigenvalue weighted by Crippen LogP contribution is 2.30. The molecule has 0 bridgehead atoms. The molecule has 0 radical (unpaired) electrons. The van der Waals surface area contributed by atoms with Gasteiger partial charge in [-0.05, 0) is 43.7 Å². The maximum atomic E-state index is 13.0. The molecular weight excluding hydrogens is 397 g/mol. The number of hydrogen-bond acceptors (Lipinski definition) is 3. The number of aromatic nitrogens is 4. The summed E-state index contributed by atoms with van der Waals surface area (Å²) in [5.41, 5.74) is 2.06. The topological polar surface area (TPSA) is 72.9 Å². The Balaban J connectivity index is 1.76. The Bertz CT molecular complexity index is 1270. The molecule has 0 unspecified atom stereocenters. The number of benzene rings is 2. The normalized spacial score (nSPS) is 11.9. The van der Waals surface area contributed by atoms with Crippen LogP contribution < -0.4 is 0 Å². The minimum Gasteiger partial charge on any atom is -0.478 e. The third-order valence-electron chi connectivity index (χ3n) is 4.91. The Labute approximate surface area is 169 Å². The maximum Gasteiger partial charge on any atom is 0.416 e. The number of alkyl halides is 3. The summed E-state index contributed by atoms with van der Waals surface area (Å²) in [4.78, 5) is 11.5. The second-order valence-electron chi connectivity index (χ2n) is 7.00. The average Bonchev–Trinajstić information content (AvgIpc) is 3.20. The average molecular weight is 414 g/mol. The van der Waals surface area contributed by atoms with E-state index < -0.39 is 17.7 Å². The predicted molar refractivity (Wildman–Crippen MR) is 104 cm³/mol. The highest BCUT2D eigenvalue weighted by molar-refractivity contribution is 5.91. The van der Waals surface area contributed by atoms with E-state index in [1.165, 1.54) is 6.07 Å². The Morgan fingerprint density at radius 2 is 1.83 bits per heavy atom. The van der Waals surface area contributed by atoms with Crippen LogP contribution in [0.3, 0.4) is 0 Å². The minimum atomic E-state index is -4.41. The molecule has 0 aliphatic carbocycles. The molecule has 9 heteroatoms. The summed E-state index contributed by atoms with van der Waals surface area (Å²) < 4.78 is 42.0. The Hall–Kier alpha value is -3.62. The Morgan fingerprint density at radius 3 is 2.50 bits per heavy atom. The van der Waals surface area contributed by atoms with Gasteiger partial charge in [0.15, 0.2) is 0 Å². The zero-order valence-corrected chi connectivity index (χ0v) is 16.1. The van der Waals surface area contributed by atoms with Crippen molar-refractivity contribution in [2.75, 3.05) is 0 Å². The van der Waals surface area contributed by atoms with Gasteiger partial charge in [-0.3, -0.25) is 4.68 Å². The fraction of sp³-hybridized carbons (Fsp3) is 0.190. The van der Waals surface area contributed by atoms with Crippen molar-refractivity contribution in [3.8, 4) is 5.69 Å². The summed E-state index contributed by atoms with van der Waals surface area (Å²) in [6.45, 7) is 3.47. The van der Waals surface area contributed by atoms with Gasteiger partial charge in [0.05, 0.1) is 34.7 Å². The summed E-state index contributed by atoms with van der Waals surface area (Å²) >= 11 is 0. The number of halogens is 3. The van der Waals surface area contributed by atoms with Gasteiger partial charge in [0.25, 0.3) is 0 Å². The lowest BCUT2D eigenvalue weighted by Gasteiger charge is -2.08. The van der Waals surface area contributed by atoms with Crippen LogP contribution in [0.25, 0.3) is 16.6 Å². The van der Waals surface area contributed by atoms with E-state index in [1.807, 2.05) is 0 Å². The monoisotopic (exact) mass is 414 g/mol. The number of rotatable bonds is 4. The van der Waals surface area contributed by atoms with E-state index in [0.717, 1.165) is 12.1 Å². The summed E-state index contributed by atoms with van der Waals surface area (Å²) in [7, 11) is 0. The van der Waals surface area contributed by atoms with Gasteiger partial charge in [0.2, 0.25) is 0 Å². The lowest BCUT2D eigenvalue weighted by Crippen LogP contribution is -2.07. The van der Waals surface area contributed by atoms with Crippen molar-refractivity contribution in [2.45, 2.75) is 26.6 Å². The number of fused-ring (bicyclic) bond motifs is 1. The standard InChI is InChI=1S/C21H17F3N4O2/c1-12-19(20(29)30)13(2)28(25-12)18-8-4-7-17-16(18)11-27(26-17)10-14-5-3-6-15(9-14)21(22,23)24/h3-9,11H,10H2,1-2H3,(H,29,30). The number of hydrogen-bond donors (Lipinski definition) is 1. The Kier molecular flexibility index (Phi) is 4.60. The zero-order chi connectivity index (χ0) is 21.6. The van der Waals surface area contributed by atoms with Crippen molar-refractivity contribution in [1.29, 1.82) is 0 Å². The third-order valence-corrected chi connectivity index (χ3v) is 4.91. The molecule has 2 heterocycles. The van der Waals surface area contributed by atoms with Crippen LogP contribution in [0.2, 0.25) is 0 Å². The van der Waals surface area contributed by atoms with E-state index in [4.69, 9.17) is 0 Å². The van der Waals surface area contributed by atoms with Gasteiger partial charge in [-0.1, -0.05) is 18.2 Å². The third kappa shape index (κ3) is 3.42. The van der Waals surface area contributed by atoms with Crippen molar-refractivity contribution in [2.24, 2.45) is 0 Å². The van der Waals surface area contributed by atoms with Gasteiger partial charge in [-0.15, -0.1) is 0 Å². The molecule has 2 aromatic heterocycles. The molecule has 0 saturated carbocycles. The van der Waals surface area contributed by atoms with E-state index in [-0.39, 0.29) is 12.1 Å². The lowest BCUT2D eigenvalue weighted by atomic mass is 10.1. The molecule has 0 spiro atoms. The van der Waals surface area contributed by atoms with Crippen molar-refractivity contribution < 1.29 is 23.1 Å². The van der Waals surface area contributed by atoms with Crippen molar-refractivity contribution in [3.05, 3.63) is 76.7 Å². The second kappa shape index (κ2) is 7.01. The van der Waals surface area contributed by atoms with Gasteiger partial charge in [0, 0.05) is 11.6 Å². The summed E-state index contributed by atoms with van der Waals surface area (Å²) in [5, 5.41) is 18.9. The smallest absolute Gasteiger partial charge is 0.416 e. The first-order valence-electron chi connectivity index (χ1n) is 9.07. The van der Waals surface area contributed by atoms with Gasteiger partial charge >= 0.3 is 12.1 Å². The number of nitrogens with zero attached hydrogens (tertiary/aromatic N) is 4. The second-order valence-corrected chi connectivity index (χ2v) is 7.00. The molecule has 0 aliphatic heterocycles. The van der Waals surface area contributed by atoms with Crippen LogP contribution in [-0.4, -0.2) is 30.6 Å². The highest BCUT2D eigenvalue weighted by atomic mass is 19.4. The van der Waals surface area contributed by atoms with E-state index in [9.17, 15) is 23.1 Å². The van der Waals surface area contributed by atoms with Gasteiger partial charge in [-0.25, -0.2) is 9.48 Å². The molecule has 2 aromatic carbocycles. The van der Waals surface area contributed by atoms with Crippen LogP contribution in [0.15, 0.2) is 48.7 Å². The lowest BCUT2D eigenvalue weighted by molar-refractivity contribution is -0.137. The van der Waals surface area contributed by atoms with Crippen LogP contribution in [0.5, 0.6) is 0 Å². The summed E-state index contributed by atoms with van der Waals surface area (Å²) in [5.74, 6) is -1.05. The van der Waals surface area contributed by atoms with E-state index in [0.29, 0.717) is 33.5 Å². The number of aromatic carboxylic acids is 1. The quantitative estimate of drug-likeness (QED) is 0.530. The van der Waals surface area contributed by atoms with Crippen molar-refractivity contribution in [3.63, 3.8) is 0 Å². The molecule has 30 heavy (non-hydrogen) atoms. The molecule has 154 valence electrons. The fourth-order valence-electron chi connectivity index (χ4n) is 3.56. The first kappa shape index (κ1) is 19.7. The van der Waals surface area contributed by atoms with Crippen LogP contribution in [0.1, 0.15) is 32.9 Å². The molecule has 0 aliphatic rings. The van der Waals surface area contributed by atoms with E-state index in [2.05, 4.69) is 10.2 Å².